The van der Waals surface area contributed by atoms with Gasteiger partial charge in [-0.2, -0.15) is 0 Å². The Labute approximate surface area is 157 Å². The maximum Gasteiger partial charge on any atom is 0.573 e. The van der Waals surface area contributed by atoms with Crippen LogP contribution in [0.2, 0.25) is 0 Å². The molecule has 1 aliphatic rings. The molecule has 6 nitrogen and oxygen atoms in total. The highest BCUT2D eigenvalue weighted by molar-refractivity contribution is 5.91. The van der Waals surface area contributed by atoms with Gasteiger partial charge in [0.25, 0.3) is 5.56 Å². The number of aromatic nitrogens is 3. The molecule has 0 unspecified atom stereocenters. The van der Waals surface area contributed by atoms with E-state index in [1.165, 1.54) is 36.7 Å². The van der Waals surface area contributed by atoms with Gasteiger partial charge in [0.05, 0.1) is 16.8 Å². The van der Waals surface area contributed by atoms with Crippen molar-refractivity contribution in [2.45, 2.75) is 38.1 Å². The van der Waals surface area contributed by atoms with Crippen LogP contribution in [0.25, 0.3) is 11.0 Å². The maximum atomic E-state index is 12.3. The van der Waals surface area contributed by atoms with Crippen LogP contribution in [0.3, 0.4) is 0 Å². The number of aromatic amines is 1. The van der Waals surface area contributed by atoms with Crippen LogP contribution in [0.15, 0.2) is 41.5 Å². The van der Waals surface area contributed by atoms with Crippen molar-refractivity contribution in [1.82, 2.24) is 15.0 Å². The Hall–Kier alpha value is -3.10. The first-order valence-electron chi connectivity index (χ1n) is 8.85. The fourth-order valence-corrected chi connectivity index (χ4v) is 3.25. The number of ether oxygens (including phenoxy) is 1. The summed E-state index contributed by atoms with van der Waals surface area (Å²) in [6.45, 7) is 0.323. The molecule has 2 N–H and O–H groups in total. The number of rotatable bonds is 5. The second-order valence-electron chi connectivity index (χ2n) is 6.70. The average Bonchev–Trinajstić information content (AvgIpc) is 2.58. The van der Waals surface area contributed by atoms with E-state index in [0.29, 0.717) is 23.8 Å². The van der Waals surface area contributed by atoms with E-state index < -0.39 is 6.36 Å². The van der Waals surface area contributed by atoms with Crippen LogP contribution < -0.4 is 15.6 Å². The van der Waals surface area contributed by atoms with E-state index in [-0.39, 0.29) is 11.3 Å². The van der Waals surface area contributed by atoms with Gasteiger partial charge in [-0.3, -0.25) is 4.79 Å². The van der Waals surface area contributed by atoms with E-state index in [0.717, 1.165) is 35.9 Å². The van der Waals surface area contributed by atoms with Crippen molar-refractivity contribution in [3.63, 3.8) is 0 Å². The highest BCUT2D eigenvalue weighted by atomic mass is 19.4. The molecular weight excluding hydrogens is 373 g/mol. The molecule has 146 valence electrons. The van der Waals surface area contributed by atoms with Gasteiger partial charge in [-0.05, 0) is 30.5 Å². The predicted molar refractivity (Wildman–Crippen MR) is 97.2 cm³/mol. The molecule has 0 aliphatic heterocycles. The van der Waals surface area contributed by atoms with Gasteiger partial charge >= 0.3 is 6.36 Å². The van der Waals surface area contributed by atoms with Crippen molar-refractivity contribution < 1.29 is 17.9 Å². The number of pyridine rings is 1. The number of hydrogen-bond donors (Lipinski definition) is 2. The third kappa shape index (κ3) is 3.92. The van der Waals surface area contributed by atoms with Gasteiger partial charge in [-0.25, -0.2) is 9.97 Å². The average molecular weight is 390 g/mol. The van der Waals surface area contributed by atoms with E-state index >= 15 is 0 Å². The topological polar surface area (TPSA) is 79.9 Å². The lowest BCUT2D eigenvalue weighted by molar-refractivity contribution is -0.274. The third-order valence-electron chi connectivity index (χ3n) is 4.79. The lowest BCUT2D eigenvalue weighted by Crippen LogP contribution is -2.17. The van der Waals surface area contributed by atoms with Gasteiger partial charge in [0, 0.05) is 18.5 Å². The first-order valence-corrected chi connectivity index (χ1v) is 8.85. The minimum atomic E-state index is -4.72. The molecule has 1 aliphatic carbocycles. The molecule has 1 fully saturated rings. The van der Waals surface area contributed by atoms with E-state index in [9.17, 15) is 18.0 Å². The summed E-state index contributed by atoms with van der Waals surface area (Å²) in [7, 11) is 0. The number of alkyl halides is 3. The number of fused-ring (bicyclic) bond motifs is 1. The van der Waals surface area contributed by atoms with E-state index in [2.05, 4.69) is 25.0 Å². The normalized spacial score (nSPS) is 14.7. The molecular formula is C19H17F3N4O2. The zero-order valence-corrected chi connectivity index (χ0v) is 14.7. The lowest BCUT2D eigenvalue weighted by atomic mass is 9.81. The smallest absolute Gasteiger partial charge is 0.406 e. The Bertz CT molecular complexity index is 1040. The summed E-state index contributed by atoms with van der Waals surface area (Å²) in [6, 6.07) is 7.03. The van der Waals surface area contributed by atoms with Crippen molar-refractivity contribution in [3.05, 3.63) is 58.3 Å². The van der Waals surface area contributed by atoms with Crippen LogP contribution in [0.1, 0.15) is 36.4 Å². The van der Waals surface area contributed by atoms with Crippen molar-refractivity contribution in [3.8, 4) is 5.75 Å². The van der Waals surface area contributed by atoms with Crippen LogP contribution in [0.4, 0.5) is 18.9 Å². The molecule has 3 aromatic rings. The number of benzene rings is 1. The maximum absolute atomic E-state index is 12.3. The largest absolute Gasteiger partial charge is 0.573 e. The monoisotopic (exact) mass is 390 g/mol. The number of nitrogens with zero attached hydrogens (tertiary/aromatic N) is 2. The molecule has 2 heterocycles. The van der Waals surface area contributed by atoms with Crippen molar-refractivity contribution in [2.24, 2.45) is 0 Å². The van der Waals surface area contributed by atoms with Gasteiger partial charge in [0.15, 0.2) is 0 Å². The molecule has 1 aromatic carbocycles. The fourth-order valence-electron chi connectivity index (χ4n) is 3.25. The molecule has 0 saturated heterocycles. The number of hydrogen-bond acceptors (Lipinski definition) is 5. The third-order valence-corrected chi connectivity index (χ3v) is 4.79. The van der Waals surface area contributed by atoms with Gasteiger partial charge in [-0.1, -0.05) is 18.6 Å². The zero-order chi connectivity index (χ0) is 19.7. The molecule has 0 bridgehead atoms. The Balaban J connectivity index is 1.58. The summed E-state index contributed by atoms with van der Waals surface area (Å²) in [4.78, 5) is 23.3. The molecule has 28 heavy (non-hydrogen) atoms. The van der Waals surface area contributed by atoms with Crippen LogP contribution in [-0.4, -0.2) is 21.3 Å². The van der Waals surface area contributed by atoms with Gasteiger partial charge in [0.1, 0.15) is 17.7 Å². The Kier molecular flexibility index (Phi) is 4.66. The van der Waals surface area contributed by atoms with E-state index in [4.69, 9.17) is 0 Å². The molecule has 9 heteroatoms. The zero-order valence-electron chi connectivity index (χ0n) is 14.7. The molecule has 4 rings (SSSR count). The summed E-state index contributed by atoms with van der Waals surface area (Å²) in [5.41, 5.74) is 2.44. The van der Waals surface area contributed by atoms with Gasteiger partial charge in [-0.15, -0.1) is 13.2 Å². The summed E-state index contributed by atoms with van der Waals surface area (Å²) < 4.78 is 40.6. The van der Waals surface area contributed by atoms with Crippen LogP contribution in [-0.2, 0) is 6.54 Å². The standard InChI is InChI=1S/C19H17F3N4O2/c20-19(21,22)28-13-6-4-11(5-7-13)9-23-14-8-15(27)26-18-16(14)17(24-10-25-18)12-2-1-3-12/h4-8,10,12H,1-3,9H2,(H2,23,24,25,26,27). The van der Waals surface area contributed by atoms with Crippen molar-refractivity contribution in [2.75, 3.05) is 5.32 Å². The number of nitrogens with one attached hydrogen (secondary N) is 2. The Morgan fingerprint density at radius 3 is 2.57 bits per heavy atom. The van der Waals surface area contributed by atoms with E-state index in [1.807, 2.05) is 0 Å². The number of anilines is 1. The molecule has 2 aromatic heterocycles. The fraction of sp³-hybridized carbons (Fsp3) is 0.316. The van der Waals surface area contributed by atoms with E-state index in [1.54, 1.807) is 0 Å². The Morgan fingerprint density at radius 1 is 1.18 bits per heavy atom. The quantitative estimate of drug-likeness (QED) is 0.686. The summed E-state index contributed by atoms with van der Waals surface area (Å²) in [5.74, 6) is 0.0641. The minimum Gasteiger partial charge on any atom is -0.406 e. The summed E-state index contributed by atoms with van der Waals surface area (Å²) in [6.07, 6.45) is -0.0257. The SMILES string of the molecule is O=c1cc(NCc2ccc(OC(F)(F)F)cc2)c2c(C3CCC3)ncnc2[nH]1. The number of H-pyrrole nitrogens is 1. The van der Waals surface area contributed by atoms with Gasteiger partial charge in [0.2, 0.25) is 0 Å². The van der Waals surface area contributed by atoms with Crippen LogP contribution in [0.5, 0.6) is 5.75 Å². The molecule has 0 radical (unpaired) electrons. The number of halogens is 3. The van der Waals surface area contributed by atoms with Crippen LogP contribution in [0, 0.1) is 0 Å². The second-order valence-corrected chi connectivity index (χ2v) is 6.70. The summed E-state index contributed by atoms with van der Waals surface area (Å²) in [5, 5.41) is 3.97. The molecule has 0 atom stereocenters. The predicted octanol–water partition coefficient (Wildman–Crippen LogP) is 4.10. The molecule has 0 spiro atoms. The van der Waals surface area contributed by atoms with Gasteiger partial charge < -0.3 is 15.0 Å². The van der Waals surface area contributed by atoms with Crippen molar-refractivity contribution >= 4 is 16.7 Å². The summed E-state index contributed by atoms with van der Waals surface area (Å²) >= 11 is 0. The second kappa shape index (κ2) is 7.14. The first kappa shape index (κ1) is 18.3. The molecule has 1 saturated carbocycles. The van der Waals surface area contributed by atoms with Crippen LogP contribution >= 0.6 is 0 Å². The minimum absolute atomic E-state index is 0.279. The first-order chi connectivity index (χ1) is 13.4. The lowest BCUT2D eigenvalue weighted by Gasteiger charge is -2.26. The molecule has 0 amide bonds. The van der Waals surface area contributed by atoms with Crippen molar-refractivity contribution in [1.29, 1.82) is 0 Å². The highest BCUT2D eigenvalue weighted by Crippen LogP contribution is 2.39. The highest BCUT2D eigenvalue weighted by Gasteiger charge is 2.31. The Morgan fingerprint density at radius 2 is 1.93 bits per heavy atom.